The van der Waals surface area contributed by atoms with E-state index in [0.29, 0.717) is 6.54 Å². The van der Waals surface area contributed by atoms with Crippen LogP contribution in [0.5, 0.6) is 0 Å². The predicted octanol–water partition coefficient (Wildman–Crippen LogP) is 4.18. The Morgan fingerprint density at radius 3 is 2.16 bits per heavy atom. The second-order valence-corrected chi connectivity index (χ2v) is 11.5. The number of hydrogen-bond donors (Lipinski definition) is 1. The highest BCUT2D eigenvalue weighted by Crippen LogP contribution is 2.36. The molecule has 0 aromatic carbocycles. The van der Waals surface area contributed by atoms with Crippen molar-refractivity contribution in [2.24, 2.45) is 0 Å². The first kappa shape index (κ1) is 18.4. The molecule has 0 aromatic rings. The molecule has 0 fully saturated rings. The summed E-state index contributed by atoms with van der Waals surface area (Å²) in [6, 6.07) is 0. The summed E-state index contributed by atoms with van der Waals surface area (Å²) >= 11 is 0. The van der Waals surface area contributed by atoms with Crippen molar-refractivity contribution in [3.63, 3.8) is 0 Å². The van der Waals surface area contributed by atoms with Crippen LogP contribution < -0.4 is 0 Å². The quantitative estimate of drug-likeness (QED) is 0.539. The van der Waals surface area contributed by atoms with Gasteiger partial charge >= 0.3 is 6.09 Å². The molecule has 1 N–H and O–H groups in total. The summed E-state index contributed by atoms with van der Waals surface area (Å²) in [7, 11) is 0.0219. The standard InChI is InChI=1S/C14H31NO3Si/c1-14(2,3)19(5,6)18-12-10-8-7-9-11-15(4)13(16)17/h7-12H2,1-6H3,(H,16,17). The Morgan fingerprint density at radius 1 is 1.16 bits per heavy atom. The fourth-order valence-electron chi connectivity index (χ4n) is 1.44. The van der Waals surface area contributed by atoms with Crippen molar-refractivity contribution < 1.29 is 14.3 Å². The van der Waals surface area contributed by atoms with Crippen LogP contribution in [0.4, 0.5) is 4.79 Å². The van der Waals surface area contributed by atoms with E-state index in [1.165, 1.54) is 4.90 Å². The third-order valence-electron chi connectivity index (χ3n) is 3.98. The molecular weight excluding hydrogens is 258 g/mol. The van der Waals surface area contributed by atoms with Gasteiger partial charge in [0.15, 0.2) is 8.32 Å². The molecular formula is C14H31NO3Si. The van der Waals surface area contributed by atoms with E-state index in [4.69, 9.17) is 9.53 Å². The molecule has 0 bridgehead atoms. The van der Waals surface area contributed by atoms with Gasteiger partial charge in [-0.3, -0.25) is 0 Å². The Bertz CT molecular complexity index is 274. The maximum atomic E-state index is 10.6. The molecule has 1 amide bonds. The molecule has 0 rings (SSSR count). The van der Waals surface area contributed by atoms with E-state index in [1.807, 2.05) is 0 Å². The third kappa shape index (κ3) is 7.57. The molecule has 114 valence electrons. The minimum atomic E-state index is -1.59. The molecule has 0 aliphatic rings. The summed E-state index contributed by atoms with van der Waals surface area (Å²) in [5, 5.41) is 8.97. The Hall–Kier alpha value is -0.553. The van der Waals surface area contributed by atoms with Gasteiger partial charge in [0.05, 0.1) is 0 Å². The van der Waals surface area contributed by atoms with Gasteiger partial charge in [0.1, 0.15) is 0 Å². The molecule has 0 aliphatic heterocycles. The SMILES string of the molecule is CN(CCCCCCO[Si](C)(C)C(C)(C)C)C(=O)O. The first-order valence-corrected chi connectivity index (χ1v) is 10.1. The van der Waals surface area contributed by atoms with Crippen LogP contribution in [0.3, 0.4) is 0 Å². The molecule has 0 atom stereocenters. The van der Waals surface area contributed by atoms with Crippen molar-refractivity contribution in [2.75, 3.05) is 20.2 Å². The molecule has 0 aliphatic carbocycles. The van der Waals surface area contributed by atoms with Crippen molar-refractivity contribution >= 4 is 14.4 Å². The van der Waals surface area contributed by atoms with Crippen LogP contribution in [0.1, 0.15) is 46.5 Å². The zero-order valence-electron chi connectivity index (χ0n) is 13.5. The van der Waals surface area contributed by atoms with Crippen LogP contribution in [0.15, 0.2) is 0 Å². The number of hydrogen-bond acceptors (Lipinski definition) is 2. The third-order valence-corrected chi connectivity index (χ3v) is 8.52. The summed E-state index contributed by atoms with van der Waals surface area (Å²) in [6.07, 6.45) is 3.34. The van der Waals surface area contributed by atoms with Gasteiger partial charge in [-0.2, -0.15) is 0 Å². The number of carboxylic acid groups (broad SMARTS) is 1. The largest absolute Gasteiger partial charge is 0.465 e. The van der Waals surface area contributed by atoms with E-state index in [0.717, 1.165) is 32.3 Å². The maximum absolute atomic E-state index is 10.6. The van der Waals surface area contributed by atoms with Crippen molar-refractivity contribution in [1.29, 1.82) is 0 Å². The molecule has 19 heavy (non-hydrogen) atoms. The van der Waals surface area contributed by atoms with Crippen LogP contribution in [-0.2, 0) is 4.43 Å². The molecule has 5 heteroatoms. The Morgan fingerprint density at radius 2 is 1.68 bits per heavy atom. The Balaban J connectivity index is 3.59. The fraction of sp³-hybridized carbons (Fsp3) is 0.929. The van der Waals surface area contributed by atoms with Gasteiger partial charge < -0.3 is 14.4 Å². The van der Waals surface area contributed by atoms with Crippen LogP contribution in [0.25, 0.3) is 0 Å². The van der Waals surface area contributed by atoms with Crippen molar-refractivity contribution in [1.82, 2.24) is 4.90 Å². The van der Waals surface area contributed by atoms with Gasteiger partial charge in [-0.25, -0.2) is 4.79 Å². The molecule has 0 spiro atoms. The zero-order chi connectivity index (χ0) is 15.1. The summed E-state index contributed by atoms with van der Waals surface area (Å²) in [5.41, 5.74) is 0. The fourth-order valence-corrected chi connectivity index (χ4v) is 2.53. The van der Waals surface area contributed by atoms with E-state index in [9.17, 15) is 4.79 Å². The normalized spacial score (nSPS) is 12.5. The second-order valence-electron chi connectivity index (χ2n) is 6.73. The minimum absolute atomic E-state index is 0.275. The highest BCUT2D eigenvalue weighted by molar-refractivity contribution is 6.74. The average Bonchev–Trinajstić information content (AvgIpc) is 2.25. The first-order chi connectivity index (χ1) is 8.58. The van der Waals surface area contributed by atoms with Crippen LogP contribution in [-0.4, -0.2) is 44.6 Å². The average molecular weight is 289 g/mol. The molecule has 0 unspecified atom stereocenters. The molecule has 4 nitrogen and oxygen atoms in total. The Labute approximate surface area is 119 Å². The van der Waals surface area contributed by atoms with E-state index in [-0.39, 0.29) is 5.04 Å². The summed E-state index contributed by atoms with van der Waals surface area (Å²) in [5.74, 6) is 0. The van der Waals surface area contributed by atoms with Gasteiger partial charge in [0.25, 0.3) is 0 Å². The van der Waals surface area contributed by atoms with Gasteiger partial charge in [0, 0.05) is 20.2 Å². The number of nitrogens with zero attached hydrogens (tertiary/aromatic N) is 1. The summed E-state index contributed by atoms with van der Waals surface area (Å²) in [4.78, 5) is 11.9. The minimum Gasteiger partial charge on any atom is -0.465 e. The van der Waals surface area contributed by atoms with Crippen molar-refractivity contribution in [2.45, 2.75) is 64.6 Å². The zero-order valence-corrected chi connectivity index (χ0v) is 14.5. The number of carbonyl (C=O) groups is 1. The lowest BCUT2D eigenvalue weighted by molar-refractivity contribution is 0.155. The van der Waals surface area contributed by atoms with Crippen molar-refractivity contribution in [3.05, 3.63) is 0 Å². The Kier molecular flexibility index (Phi) is 7.67. The maximum Gasteiger partial charge on any atom is 0.407 e. The summed E-state index contributed by atoms with van der Waals surface area (Å²) < 4.78 is 6.09. The molecule has 0 saturated carbocycles. The lowest BCUT2D eigenvalue weighted by Gasteiger charge is -2.36. The van der Waals surface area contributed by atoms with Crippen LogP contribution in [0, 0.1) is 0 Å². The van der Waals surface area contributed by atoms with Gasteiger partial charge in [-0.05, 0) is 31.0 Å². The lowest BCUT2D eigenvalue weighted by Crippen LogP contribution is -2.40. The van der Waals surface area contributed by atoms with Crippen LogP contribution in [0.2, 0.25) is 18.1 Å². The van der Waals surface area contributed by atoms with E-state index in [1.54, 1.807) is 7.05 Å². The van der Waals surface area contributed by atoms with E-state index in [2.05, 4.69) is 33.9 Å². The molecule has 0 aromatic heterocycles. The highest BCUT2D eigenvalue weighted by atomic mass is 28.4. The van der Waals surface area contributed by atoms with E-state index >= 15 is 0 Å². The lowest BCUT2D eigenvalue weighted by atomic mass is 10.2. The molecule has 0 radical (unpaired) electrons. The summed E-state index contributed by atoms with van der Waals surface area (Å²) in [6.45, 7) is 12.8. The monoisotopic (exact) mass is 289 g/mol. The first-order valence-electron chi connectivity index (χ1n) is 7.16. The number of rotatable bonds is 8. The molecule has 0 saturated heterocycles. The smallest absolute Gasteiger partial charge is 0.407 e. The number of amides is 1. The topological polar surface area (TPSA) is 49.8 Å². The van der Waals surface area contributed by atoms with E-state index < -0.39 is 14.4 Å². The second kappa shape index (κ2) is 7.90. The van der Waals surface area contributed by atoms with Gasteiger partial charge in [-0.1, -0.05) is 33.6 Å². The van der Waals surface area contributed by atoms with Crippen LogP contribution >= 0.6 is 0 Å². The highest BCUT2D eigenvalue weighted by Gasteiger charge is 2.36. The molecule has 0 heterocycles. The van der Waals surface area contributed by atoms with Crippen molar-refractivity contribution in [3.8, 4) is 0 Å². The van der Waals surface area contributed by atoms with Gasteiger partial charge in [0.2, 0.25) is 0 Å². The number of unbranched alkanes of at least 4 members (excludes halogenated alkanes) is 3. The van der Waals surface area contributed by atoms with Gasteiger partial charge in [-0.15, -0.1) is 0 Å². The predicted molar refractivity (Wildman–Crippen MR) is 82.3 cm³/mol.